The van der Waals surface area contributed by atoms with Crippen molar-refractivity contribution >= 4 is 17.6 Å². The van der Waals surface area contributed by atoms with Crippen molar-refractivity contribution in [2.45, 2.75) is 39.7 Å². The monoisotopic (exact) mass is 330 g/mol. The molecule has 2 aromatic rings. The molecule has 1 aromatic heterocycles. The van der Waals surface area contributed by atoms with Gasteiger partial charge in [-0.25, -0.2) is 4.79 Å². The van der Waals surface area contributed by atoms with Crippen molar-refractivity contribution < 1.29 is 18.8 Å². The molecule has 0 N–H and O–H groups in total. The number of carbonyl (C=O) groups is 2. The van der Waals surface area contributed by atoms with Crippen molar-refractivity contribution in [1.82, 2.24) is 5.16 Å². The Hall–Kier alpha value is -2.63. The largest absolute Gasteiger partial charge is 0.459 e. The number of ether oxygens (including phenoxy) is 1. The first-order valence-electron chi connectivity index (χ1n) is 7.86. The third-order valence-corrected chi connectivity index (χ3v) is 3.46. The van der Waals surface area contributed by atoms with Gasteiger partial charge in [-0.15, -0.1) is 0 Å². The maximum Gasteiger partial charge on any atom is 0.340 e. The molecule has 1 amide bonds. The number of anilines is 1. The number of rotatable bonds is 5. The number of para-hydroxylation sites is 1. The molecule has 0 aliphatic rings. The molecule has 0 unspecified atom stereocenters. The van der Waals surface area contributed by atoms with Crippen LogP contribution in [0.5, 0.6) is 0 Å². The molecule has 0 aliphatic heterocycles. The van der Waals surface area contributed by atoms with E-state index in [0.29, 0.717) is 16.9 Å². The molecule has 0 fully saturated rings. The zero-order chi connectivity index (χ0) is 17.9. The summed E-state index contributed by atoms with van der Waals surface area (Å²) in [6.45, 7) is 7.48. The van der Waals surface area contributed by atoms with E-state index in [9.17, 15) is 9.59 Å². The summed E-state index contributed by atoms with van der Waals surface area (Å²) in [5.41, 5.74) is 1.49. The molecule has 1 aromatic carbocycles. The van der Waals surface area contributed by atoms with Crippen molar-refractivity contribution in [2.75, 3.05) is 11.9 Å². The number of amides is 1. The van der Waals surface area contributed by atoms with E-state index in [-0.39, 0.29) is 23.7 Å². The highest BCUT2D eigenvalue weighted by Gasteiger charge is 2.24. The maximum atomic E-state index is 12.6. The quantitative estimate of drug-likeness (QED) is 0.783. The standard InChI is InChI=1S/C18H22N2O4/c1-11(2)14-10-16(24-19-14)17(21)20(5)15-9-7-6-8-13(15)18(22)23-12(3)4/h6-12H,1-5H3. The van der Waals surface area contributed by atoms with E-state index in [0.717, 1.165) is 0 Å². The number of hydrogen-bond acceptors (Lipinski definition) is 5. The molecule has 2 rings (SSSR count). The first-order chi connectivity index (χ1) is 11.3. The summed E-state index contributed by atoms with van der Waals surface area (Å²) in [5.74, 6) is -0.554. The van der Waals surface area contributed by atoms with Crippen molar-refractivity contribution in [2.24, 2.45) is 0 Å². The molecule has 0 saturated carbocycles. The van der Waals surface area contributed by atoms with Crippen LogP contribution in [0.1, 0.15) is 60.2 Å². The SMILES string of the molecule is CC(C)OC(=O)c1ccccc1N(C)C(=O)c1cc(C(C)C)no1. The molecule has 0 aliphatic carbocycles. The molecule has 0 radical (unpaired) electrons. The van der Waals surface area contributed by atoms with Crippen molar-refractivity contribution in [3.8, 4) is 0 Å². The fourth-order valence-corrected chi connectivity index (χ4v) is 2.15. The molecule has 0 bridgehead atoms. The molecule has 6 heteroatoms. The van der Waals surface area contributed by atoms with Gasteiger partial charge in [0, 0.05) is 13.1 Å². The second-order valence-corrected chi connectivity index (χ2v) is 6.11. The van der Waals surface area contributed by atoms with Crippen LogP contribution in [0.4, 0.5) is 5.69 Å². The Balaban J connectivity index is 2.30. The van der Waals surface area contributed by atoms with Crippen LogP contribution < -0.4 is 4.90 Å². The summed E-state index contributed by atoms with van der Waals surface area (Å²) < 4.78 is 10.4. The fraction of sp³-hybridized carbons (Fsp3) is 0.389. The van der Waals surface area contributed by atoms with E-state index in [1.807, 2.05) is 13.8 Å². The Morgan fingerprint density at radius 2 is 1.83 bits per heavy atom. The first-order valence-corrected chi connectivity index (χ1v) is 7.86. The predicted molar refractivity (Wildman–Crippen MR) is 90.3 cm³/mol. The van der Waals surface area contributed by atoms with E-state index in [4.69, 9.17) is 9.26 Å². The summed E-state index contributed by atoms with van der Waals surface area (Å²) in [6.07, 6.45) is -0.241. The molecule has 0 saturated heterocycles. The van der Waals surface area contributed by atoms with Gasteiger partial charge in [0.25, 0.3) is 5.91 Å². The predicted octanol–water partition coefficient (Wildman–Crippen LogP) is 3.64. The third kappa shape index (κ3) is 3.82. The summed E-state index contributed by atoms with van der Waals surface area (Å²) in [6, 6.07) is 8.42. The van der Waals surface area contributed by atoms with Gasteiger partial charge in [-0.3, -0.25) is 4.79 Å². The van der Waals surface area contributed by atoms with E-state index < -0.39 is 5.97 Å². The maximum absolute atomic E-state index is 12.6. The summed E-state index contributed by atoms with van der Waals surface area (Å²) in [4.78, 5) is 26.2. The molecule has 1 heterocycles. The molecular weight excluding hydrogens is 308 g/mol. The highest BCUT2D eigenvalue weighted by atomic mass is 16.5. The van der Waals surface area contributed by atoms with Crippen molar-refractivity contribution in [3.63, 3.8) is 0 Å². The Kier molecular flexibility index (Phi) is 5.39. The number of nitrogens with zero attached hydrogens (tertiary/aromatic N) is 2. The second kappa shape index (κ2) is 7.29. The second-order valence-electron chi connectivity index (χ2n) is 6.11. The van der Waals surface area contributed by atoms with E-state index in [2.05, 4.69) is 5.16 Å². The van der Waals surface area contributed by atoms with Gasteiger partial charge in [-0.2, -0.15) is 0 Å². The average molecular weight is 330 g/mol. The number of hydrogen-bond donors (Lipinski definition) is 0. The first kappa shape index (κ1) is 17.7. The number of carbonyl (C=O) groups excluding carboxylic acids is 2. The summed E-state index contributed by atoms with van der Waals surface area (Å²) in [5, 5.41) is 3.90. The normalized spacial score (nSPS) is 11.0. The lowest BCUT2D eigenvalue weighted by Crippen LogP contribution is -2.28. The Morgan fingerprint density at radius 1 is 1.17 bits per heavy atom. The van der Waals surface area contributed by atoms with Crippen LogP contribution in [0.2, 0.25) is 0 Å². The number of benzene rings is 1. The highest BCUT2D eigenvalue weighted by Crippen LogP contribution is 2.23. The summed E-state index contributed by atoms with van der Waals surface area (Å²) >= 11 is 0. The van der Waals surface area contributed by atoms with Gasteiger partial charge in [-0.1, -0.05) is 31.1 Å². The zero-order valence-corrected chi connectivity index (χ0v) is 14.6. The van der Waals surface area contributed by atoms with Crippen LogP contribution in [-0.2, 0) is 4.74 Å². The number of esters is 1. The van der Waals surface area contributed by atoms with Crippen LogP contribution >= 0.6 is 0 Å². The smallest absolute Gasteiger partial charge is 0.340 e. The minimum absolute atomic E-state index is 0.133. The Labute approximate surface area is 141 Å². The van der Waals surface area contributed by atoms with Crippen LogP contribution in [0, 0.1) is 0 Å². The minimum atomic E-state index is -0.472. The zero-order valence-electron chi connectivity index (χ0n) is 14.6. The minimum Gasteiger partial charge on any atom is -0.459 e. The molecule has 0 atom stereocenters. The molecule has 6 nitrogen and oxygen atoms in total. The van der Waals surface area contributed by atoms with Gasteiger partial charge in [0.15, 0.2) is 0 Å². The van der Waals surface area contributed by atoms with Gasteiger partial charge in [-0.05, 0) is 31.9 Å². The van der Waals surface area contributed by atoms with Crippen LogP contribution in [0.15, 0.2) is 34.9 Å². The Bertz CT molecular complexity index is 734. The van der Waals surface area contributed by atoms with Gasteiger partial charge >= 0.3 is 5.97 Å². The van der Waals surface area contributed by atoms with E-state index >= 15 is 0 Å². The van der Waals surface area contributed by atoms with Crippen LogP contribution in [-0.4, -0.2) is 30.2 Å². The van der Waals surface area contributed by atoms with Crippen molar-refractivity contribution in [1.29, 1.82) is 0 Å². The van der Waals surface area contributed by atoms with E-state index in [1.165, 1.54) is 4.90 Å². The lowest BCUT2D eigenvalue weighted by atomic mass is 10.1. The van der Waals surface area contributed by atoms with Crippen LogP contribution in [0.3, 0.4) is 0 Å². The molecule has 0 spiro atoms. The number of aromatic nitrogens is 1. The lowest BCUT2D eigenvalue weighted by Gasteiger charge is -2.19. The van der Waals surface area contributed by atoms with Crippen molar-refractivity contribution in [3.05, 3.63) is 47.3 Å². The molecule has 128 valence electrons. The molecular formula is C18H22N2O4. The average Bonchev–Trinajstić information content (AvgIpc) is 3.03. The topological polar surface area (TPSA) is 72.6 Å². The third-order valence-electron chi connectivity index (χ3n) is 3.46. The van der Waals surface area contributed by atoms with Gasteiger partial charge < -0.3 is 14.2 Å². The molecule has 24 heavy (non-hydrogen) atoms. The lowest BCUT2D eigenvalue weighted by molar-refractivity contribution is 0.0379. The van der Waals surface area contributed by atoms with Gasteiger partial charge in [0.1, 0.15) is 0 Å². The highest BCUT2D eigenvalue weighted by molar-refractivity contribution is 6.08. The van der Waals surface area contributed by atoms with Crippen LogP contribution in [0.25, 0.3) is 0 Å². The van der Waals surface area contributed by atoms with Gasteiger partial charge in [0.2, 0.25) is 5.76 Å². The Morgan fingerprint density at radius 3 is 2.42 bits per heavy atom. The van der Waals surface area contributed by atoms with E-state index in [1.54, 1.807) is 51.2 Å². The summed E-state index contributed by atoms with van der Waals surface area (Å²) in [7, 11) is 1.58. The fourth-order valence-electron chi connectivity index (χ4n) is 2.15. The van der Waals surface area contributed by atoms with Gasteiger partial charge in [0.05, 0.1) is 23.0 Å².